The Morgan fingerprint density at radius 3 is 2.36 bits per heavy atom. The largest absolute Gasteiger partial charge is 0.508 e. The molecule has 0 atom stereocenters. The van der Waals surface area contributed by atoms with Crippen molar-refractivity contribution < 1.29 is 14.6 Å². The van der Waals surface area contributed by atoms with Crippen molar-refractivity contribution in [3.63, 3.8) is 0 Å². The van der Waals surface area contributed by atoms with Crippen LogP contribution in [0.4, 0.5) is 0 Å². The summed E-state index contributed by atoms with van der Waals surface area (Å²) in [6.07, 6.45) is 7.85. The summed E-state index contributed by atoms with van der Waals surface area (Å²) in [5.41, 5.74) is 0.496. The maximum atomic E-state index is 11.8. The molecule has 4 nitrogen and oxygen atoms in total. The molecule has 0 fully saturated rings. The molecule has 4 heteroatoms. The molecule has 1 aromatic rings. The first-order chi connectivity index (χ1) is 13.1. The Labute approximate surface area is 171 Å². The van der Waals surface area contributed by atoms with Gasteiger partial charge in [0.05, 0.1) is 0 Å². The van der Waals surface area contributed by atoms with E-state index in [-0.39, 0.29) is 22.5 Å². The standard InChI is InChI=1S/C24H39NO3/c1-7-8-9-10-22(25-18-15-20-11-13-21(27)14-12-20)28-24(5,6)17-16-23(3,4)19(2)26/h10-14,25,27H,7-9,15-18H2,1-6H3. The Hall–Kier alpha value is -1.97. The smallest absolute Gasteiger partial charge is 0.183 e. The molecule has 0 unspecified atom stereocenters. The van der Waals surface area contributed by atoms with E-state index < -0.39 is 0 Å². The van der Waals surface area contributed by atoms with Crippen molar-refractivity contribution in [3.05, 3.63) is 41.8 Å². The third kappa shape index (κ3) is 9.29. The first kappa shape index (κ1) is 24.1. The molecule has 0 aliphatic carbocycles. The topological polar surface area (TPSA) is 58.6 Å². The van der Waals surface area contributed by atoms with E-state index in [0.717, 1.165) is 51.0 Å². The summed E-state index contributed by atoms with van der Waals surface area (Å²) in [6, 6.07) is 7.30. The van der Waals surface area contributed by atoms with Gasteiger partial charge in [-0.2, -0.15) is 0 Å². The fourth-order valence-electron chi connectivity index (χ4n) is 2.72. The number of aromatic hydroxyl groups is 1. The van der Waals surface area contributed by atoms with Gasteiger partial charge in [-0.05, 0) is 76.6 Å². The minimum Gasteiger partial charge on any atom is -0.508 e. The lowest BCUT2D eigenvalue weighted by molar-refractivity contribution is -0.125. The van der Waals surface area contributed by atoms with Gasteiger partial charge >= 0.3 is 0 Å². The zero-order chi connectivity index (χ0) is 21.2. The number of hydrogen-bond donors (Lipinski definition) is 2. The Morgan fingerprint density at radius 2 is 1.79 bits per heavy atom. The second-order valence-electron chi connectivity index (χ2n) is 8.86. The summed E-state index contributed by atoms with van der Waals surface area (Å²) in [5, 5.41) is 12.8. The number of nitrogens with one attached hydrogen (secondary N) is 1. The summed E-state index contributed by atoms with van der Waals surface area (Å²) in [5.74, 6) is 1.32. The minimum absolute atomic E-state index is 0.217. The molecule has 28 heavy (non-hydrogen) atoms. The number of allylic oxidation sites excluding steroid dienone is 1. The molecule has 0 amide bonds. The van der Waals surface area contributed by atoms with Gasteiger partial charge in [-0.15, -0.1) is 0 Å². The van der Waals surface area contributed by atoms with Crippen LogP contribution < -0.4 is 5.32 Å². The molecule has 0 saturated heterocycles. The summed E-state index contributed by atoms with van der Waals surface area (Å²) in [7, 11) is 0. The molecule has 0 aliphatic heterocycles. The summed E-state index contributed by atoms with van der Waals surface area (Å²) in [4.78, 5) is 11.8. The Morgan fingerprint density at radius 1 is 1.14 bits per heavy atom. The van der Waals surface area contributed by atoms with Crippen LogP contribution >= 0.6 is 0 Å². The summed E-state index contributed by atoms with van der Waals surface area (Å²) >= 11 is 0. The van der Waals surface area contributed by atoms with Crippen LogP contribution in [0.3, 0.4) is 0 Å². The fraction of sp³-hybridized carbons (Fsp3) is 0.625. The van der Waals surface area contributed by atoms with Crippen LogP contribution in [0, 0.1) is 5.41 Å². The SMILES string of the molecule is CCCCC=C(NCCc1ccc(O)cc1)OC(C)(C)CCC(C)(C)C(C)=O. The van der Waals surface area contributed by atoms with E-state index in [1.54, 1.807) is 19.1 Å². The number of carbonyl (C=O) groups is 1. The molecule has 0 saturated carbocycles. The Balaban J connectivity index is 2.65. The number of carbonyl (C=O) groups excluding carboxylic acids is 1. The molecule has 0 heterocycles. The van der Waals surface area contributed by atoms with Gasteiger partial charge in [0, 0.05) is 12.0 Å². The number of rotatable bonds is 13. The number of hydrogen-bond acceptors (Lipinski definition) is 4. The minimum atomic E-state index is -0.351. The monoisotopic (exact) mass is 389 g/mol. The van der Waals surface area contributed by atoms with Crippen LogP contribution in [0.15, 0.2) is 36.2 Å². The van der Waals surface area contributed by atoms with Crippen LogP contribution in [0.25, 0.3) is 0 Å². The average molecular weight is 390 g/mol. The number of unbranched alkanes of at least 4 members (excludes halogenated alkanes) is 2. The molecule has 158 valence electrons. The molecular weight excluding hydrogens is 350 g/mol. The Kier molecular flexibility index (Phi) is 9.57. The van der Waals surface area contributed by atoms with Gasteiger partial charge in [0.15, 0.2) is 5.88 Å². The zero-order valence-corrected chi connectivity index (χ0v) is 18.6. The molecule has 0 aliphatic rings. The highest BCUT2D eigenvalue weighted by atomic mass is 16.5. The second kappa shape index (κ2) is 11.1. The highest BCUT2D eigenvalue weighted by Crippen LogP contribution is 2.30. The number of Topliss-reactive ketones (excluding diaryl/α,β-unsaturated/α-hetero) is 1. The van der Waals surface area contributed by atoms with E-state index in [1.165, 1.54) is 5.56 Å². The van der Waals surface area contributed by atoms with Crippen LogP contribution in [0.2, 0.25) is 0 Å². The van der Waals surface area contributed by atoms with Gasteiger partial charge in [-0.1, -0.05) is 39.3 Å². The van der Waals surface area contributed by atoms with Crippen molar-refractivity contribution in [1.29, 1.82) is 0 Å². The first-order valence-corrected chi connectivity index (χ1v) is 10.5. The van der Waals surface area contributed by atoms with Crippen molar-refractivity contribution in [2.24, 2.45) is 5.41 Å². The van der Waals surface area contributed by atoms with E-state index in [9.17, 15) is 9.90 Å². The third-order valence-corrected chi connectivity index (χ3v) is 5.23. The first-order valence-electron chi connectivity index (χ1n) is 10.5. The van der Waals surface area contributed by atoms with Gasteiger partial charge in [-0.3, -0.25) is 4.79 Å². The maximum absolute atomic E-state index is 11.8. The normalized spacial score (nSPS) is 12.7. The van der Waals surface area contributed by atoms with Gasteiger partial charge in [0.1, 0.15) is 17.1 Å². The average Bonchev–Trinajstić information content (AvgIpc) is 2.61. The molecule has 0 bridgehead atoms. The molecule has 1 aromatic carbocycles. The van der Waals surface area contributed by atoms with E-state index >= 15 is 0 Å². The third-order valence-electron chi connectivity index (χ3n) is 5.23. The second-order valence-corrected chi connectivity index (χ2v) is 8.86. The van der Waals surface area contributed by atoms with Gasteiger partial charge in [-0.25, -0.2) is 0 Å². The fourth-order valence-corrected chi connectivity index (χ4v) is 2.72. The van der Waals surface area contributed by atoms with E-state index in [0.29, 0.717) is 0 Å². The molecule has 1 rings (SSSR count). The van der Waals surface area contributed by atoms with Crippen molar-refractivity contribution >= 4 is 5.78 Å². The van der Waals surface area contributed by atoms with E-state index in [4.69, 9.17) is 4.74 Å². The number of benzene rings is 1. The quantitative estimate of drug-likeness (QED) is 0.333. The van der Waals surface area contributed by atoms with Crippen LogP contribution in [-0.4, -0.2) is 23.0 Å². The molecule has 0 radical (unpaired) electrons. The van der Waals surface area contributed by atoms with Crippen LogP contribution in [-0.2, 0) is 16.0 Å². The van der Waals surface area contributed by atoms with Gasteiger partial charge in [0.2, 0.25) is 0 Å². The summed E-state index contributed by atoms with van der Waals surface area (Å²) < 4.78 is 6.32. The van der Waals surface area contributed by atoms with Crippen LogP contribution in [0.5, 0.6) is 5.75 Å². The lowest BCUT2D eigenvalue weighted by atomic mass is 9.81. The number of ketones is 1. The summed E-state index contributed by atoms with van der Waals surface area (Å²) in [6.45, 7) is 12.8. The van der Waals surface area contributed by atoms with Crippen molar-refractivity contribution in [2.75, 3.05) is 6.54 Å². The van der Waals surface area contributed by atoms with E-state index in [1.807, 2.05) is 26.0 Å². The lowest BCUT2D eigenvalue weighted by Gasteiger charge is -2.32. The predicted octanol–water partition coefficient (Wildman–Crippen LogP) is 5.75. The van der Waals surface area contributed by atoms with Crippen molar-refractivity contribution in [1.82, 2.24) is 5.32 Å². The lowest BCUT2D eigenvalue weighted by Crippen LogP contribution is -2.32. The zero-order valence-electron chi connectivity index (χ0n) is 18.6. The Bertz CT molecular complexity index is 630. The number of phenolic OH excluding ortho intramolecular Hbond substituents is 1. The highest BCUT2D eigenvalue weighted by molar-refractivity contribution is 5.81. The van der Waals surface area contributed by atoms with Crippen molar-refractivity contribution in [2.45, 2.75) is 85.7 Å². The predicted molar refractivity (Wildman–Crippen MR) is 116 cm³/mol. The van der Waals surface area contributed by atoms with E-state index in [2.05, 4.69) is 32.2 Å². The van der Waals surface area contributed by atoms with Gasteiger partial charge < -0.3 is 15.2 Å². The molecular formula is C24H39NO3. The van der Waals surface area contributed by atoms with Gasteiger partial charge in [0.25, 0.3) is 0 Å². The molecule has 2 N–H and O–H groups in total. The number of ether oxygens (including phenoxy) is 1. The van der Waals surface area contributed by atoms with Crippen molar-refractivity contribution in [3.8, 4) is 5.75 Å². The number of phenols is 1. The highest BCUT2D eigenvalue weighted by Gasteiger charge is 2.29. The molecule has 0 spiro atoms. The molecule has 0 aromatic heterocycles. The van der Waals surface area contributed by atoms with Crippen LogP contribution in [0.1, 0.15) is 79.2 Å². The maximum Gasteiger partial charge on any atom is 0.183 e.